The predicted octanol–water partition coefficient (Wildman–Crippen LogP) is 2.59. The van der Waals surface area contributed by atoms with Crippen molar-refractivity contribution < 1.29 is 9.53 Å². The van der Waals surface area contributed by atoms with E-state index in [0.717, 1.165) is 36.0 Å². The number of amides is 1. The topological polar surface area (TPSA) is 146 Å². The molecule has 35 heavy (non-hydrogen) atoms. The summed E-state index contributed by atoms with van der Waals surface area (Å²) >= 11 is 0. The maximum absolute atomic E-state index is 12.8. The van der Waals surface area contributed by atoms with E-state index in [1.165, 1.54) is 0 Å². The zero-order valence-electron chi connectivity index (χ0n) is 20.2. The van der Waals surface area contributed by atoms with Gasteiger partial charge in [-0.1, -0.05) is 0 Å². The van der Waals surface area contributed by atoms with E-state index in [2.05, 4.69) is 46.4 Å². The molecule has 0 radical (unpaired) electrons. The van der Waals surface area contributed by atoms with Crippen molar-refractivity contribution in [2.75, 3.05) is 24.6 Å². The molecule has 2 N–H and O–H groups in total. The van der Waals surface area contributed by atoms with E-state index >= 15 is 0 Å². The number of nitrogens with zero attached hydrogens (tertiary/aromatic N) is 7. The molecule has 1 aliphatic heterocycles. The third-order valence-corrected chi connectivity index (χ3v) is 6.34. The van der Waals surface area contributed by atoms with Gasteiger partial charge in [-0.2, -0.15) is 25.3 Å². The Balaban J connectivity index is 1.33. The van der Waals surface area contributed by atoms with E-state index in [-0.39, 0.29) is 29.6 Å². The number of hydrogen-bond acceptors (Lipinski definition) is 9. The van der Waals surface area contributed by atoms with Crippen LogP contribution in [0.25, 0.3) is 11.0 Å². The number of ether oxygens (including phenoxy) is 1. The van der Waals surface area contributed by atoms with Gasteiger partial charge in [0.2, 0.25) is 11.8 Å². The Kier molecular flexibility index (Phi) is 5.96. The van der Waals surface area contributed by atoms with Crippen LogP contribution in [0.1, 0.15) is 62.3 Å². The molecule has 1 saturated carbocycles. The van der Waals surface area contributed by atoms with Gasteiger partial charge in [0.15, 0.2) is 5.65 Å². The molecule has 2 aliphatic rings. The second-order valence-electron chi connectivity index (χ2n) is 10.3. The summed E-state index contributed by atoms with van der Waals surface area (Å²) < 4.78 is 5.80. The SMILES string of the molecule is CC(C)(C)NC(=O)c1nc(OC[C@H]2CC2C#N)nc(N2CCC(c3n[nH]c4ncccc34)CC2)n1. The van der Waals surface area contributed by atoms with Crippen LogP contribution in [0.3, 0.4) is 0 Å². The lowest BCUT2D eigenvalue weighted by molar-refractivity contribution is 0.0906. The number of nitriles is 1. The van der Waals surface area contributed by atoms with Crippen LogP contribution in [0, 0.1) is 23.2 Å². The van der Waals surface area contributed by atoms with Crippen molar-refractivity contribution >= 4 is 22.9 Å². The molecule has 1 amide bonds. The maximum Gasteiger partial charge on any atom is 0.321 e. The summed E-state index contributed by atoms with van der Waals surface area (Å²) in [4.78, 5) is 32.5. The van der Waals surface area contributed by atoms with Crippen LogP contribution in [0.15, 0.2) is 18.3 Å². The Labute approximate surface area is 203 Å². The summed E-state index contributed by atoms with van der Waals surface area (Å²) in [6.45, 7) is 7.48. The number of H-pyrrole nitrogens is 1. The number of pyridine rings is 1. The predicted molar refractivity (Wildman–Crippen MR) is 128 cm³/mol. The van der Waals surface area contributed by atoms with Crippen molar-refractivity contribution in [1.82, 2.24) is 35.5 Å². The number of nitrogens with one attached hydrogen (secondary N) is 2. The standard InChI is InChI=1S/C24H29N9O2/c1-24(2,3)30-21(34)20-27-22(29-23(28-20)35-13-16-11-15(16)12-25)33-9-6-14(7-10-33)18-17-5-4-8-26-19(17)32-31-18/h4-5,8,14-16H,6-7,9-11,13H2,1-3H3,(H,30,34)(H,26,31,32)/t15?,16-/m1/s1. The fourth-order valence-corrected chi connectivity index (χ4v) is 4.36. The van der Waals surface area contributed by atoms with Crippen molar-refractivity contribution in [2.24, 2.45) is 11.8 Å². The van der Waals surface area contributed by atoms with Gasteiger partial charge in [0.25, 0.3) is 5.91 Å². The van der Waals surface area contributed by atoms with Crippen molar-refractivity contribution in [2.45, 2.75) is 51.5 Å². The highest BCUT2D eigenvalue weighted by molar-refractivity contribution is 5.91. The van der Waals surface area contributed by atoms with Crippen LogP contribution in [0.4, 0.5) is 5.95 Å². The normalized spacial score (nSPS) is 20.5. The first-order valence-corrected chi connectivity index (χ1v) is 12.0. The van der Waals surface area contributed by atoms with Gasteiger partial charge in [-0.3, -0.25) is 9.89 Å². The fourth-order valence-electron chi connectivity index (χ4n) is 4.36. The molecule has 11 heteroatoms. The van der Waals surface area contributed by atoms with Gasteiger partial charge < -0.3 is 15.0 Å². The summed E-state index contributed by atoms with van der Waals surface area (Å²) in [7, 11) is 0. The number of carbonyl (C=O) groups excluding carboxylic acids is 1. The molecule has 1 unspecified atom stereocenters. The maximum atomic E-state index is 12.8. The van der Waals surface area contributed by atoms with E-state index in [0.29, 0.717) is 31.6 Å². The van der Waals surface area contributed by atoms with Gasteiger partial charge in [0.05, 0.1) is 24.3 Å². The highest BCUT2D eigenvalue weighted by Gasteiger charge is 2.38. The number of aromatic nitrogens is 6. The molecule has 11 nitrogen and oxygen atoms in total. The average molecular weight is 476 g/mol. The largest absolute Gasteiger partial charge is 0.463 e. The van der Waals surface area contributed by atoms with Gasteiger partial charge in [0.1, 0.15) is 0 Å². The molecule has 0 aromatic carbocycles. The lowest BCUT2D eigenvalue weighted by Gasteiger charge is -2.31. The molecule has 1 saturated heterocycles. The number of anilines is 1. The Morgan fingerprint density at radius 1 is 1.29 bits per heavy atom. The minimum atomic E-state index is -0.432. The highest BCUT2D eigenvalue weighted by atomic mass is 16.5. The molecule has 1 aliphatic carbocycles. The first-order valence-electron chi connectivity index (χ1n) is 12.0. The van der Waals surface area contributed by atoms with E-state index in [1.807, 2.05) is 32.9 Å². The number of fused-ring (bicyclic) bond motifs is 1. The van der Waals surface area contributed by atoms with Crippen molar-refractivity contribution in [3.63, 3.8) is 0 Å². The Bertz CT molecular complexity index is 1270. The van der Waals surface area contributed by atoms with Crippen LogP contribution in [0.2, 0.25) is 0 Å². The molecule has 2 fully saturated rings. The number of carbonyl (C=O) groups is 1. The summed E-state index contributed by atoms with van der Waals surface area (Å²) in [6, 6.07) is 6.33. The molecule has 5 rings (SSSR count). The lowest BCUT2D eigenvalue weighted by atomic mass is 9.92. The molecule has 3 aromatic rings. The zero-order chi connectivity index (χ0) is 24.6. The van der Waals surface area contributed by atoms with Crippen LogP contribution < -0.4 is 15.0 Å². The van der Waals surface area contributed by atoms with Crippen molar-refractivity contribution in [3.05, 3.63) is 29.8 Å². The zero-order valence-corrected chi connectivity index (χ0v) is 20.2. The van der Waals surface area contributed by atoms with Gasteiger partial charge in [-0.25, -0.2) is 4.98 Å². The molecule has 4 heterocycles. The number of rotatable bonds is 6. The number of aromatic amines is 1. The smallest absolute Gasteiger partial charge is 0.321 e. The summed E-state index contributed by atoms with van der Waals surface area (Å²) in [6.07, 6.45) is 4.31. The van der Waals surface area contributed by atoms with E-state index in [1.54, 1.807) is 6.20 Å². The Hall–Kier alpha value is -3.81. The van der Waals surface area contributed by atoms with Crippen molar-refractivity contribution in [3.8, 4) is 12.1 Å². The average Bonchev–Trinajstić information content (AvgIpc) is 3.48. The molecule has 0 bridgehead atoms. The fraction of sp³-hybridized carbons (Fsp3) is 0.542. The van der Waals surface area contributed by atoms with Gasteiger partial charge >= 0.3 is 6.01 Å². The number of piperidine rings is 1. The Morgan fingerprint density at radius 3 is 2.80 bits per heavy atom. The third-order valence-electron chi connectivity index (χ3n) is 6.34. The second-order valence-corrected chi connectivity index (χ2v) is 10.3. The van der Waals surface area contributed by atoms with E-state index < -0.39 is 5.54 Å². The third kappa shape index (κ3) is 5.16. The lowest BCUT2D eigenvalue weighted by Crippen LogP contribution is -2.42. The second kappa shape index (κ2) is 9.09. The first-order chi connectivity index (χ1) is 16.8. The first kappa shape index (κ1) is 23.0. The van der Waals surface area contributed by atoms with E-state index in [9.17, 15) is 4.79 Å². The molecule has 0 spiro atoms. The summed E-state index contributed by atoms with van der Waals surface area (Å²) in [5, 5.41) is 20.5. The quantitative estimate of drug-likeness (QED) is 0.549. The highest BCUT2D eigenvalue weighted by Crippen LogP contribution is 2.38. The minimum Gasteiger partial charge on any atom is -0.463 e. The Morgan fingerprint density at radius 2 is 2.09 bits per heavy atom. The van der Waals surface area contributed by atoms with Crippen LogP contribution >= 0.6 is 0 Å². The summed E-state index contributed by atoms with van der Waals surface area (Å²) in [5.74, 6) is 0.571. The van der Waals surface area contributed by atoms with E-state index in [4.69, 9.17) is 10.00 Å². The molecule has 3 aromatic heterocycles. The molecule has 182 valence electrons. The minimum absolute atomic E-state index is 0.0207. The van der Waals surface area contributed by atoms with Gasteiger partial charge in [-0.15, -0.1) is 0 Å². The summed E-state index contributed by atoms with van der Waals surface area (Å²) in [5.41, 5.74) is 1.40. The van der Waals surface area contributed by atoms with Gasteiger partial charge in [0, 0.05) is 42.0 Å². The van der Waals surface area contributed by atoms with Crippen LogP contribution in [-0.2, 0) is 0 Å². The molecular formula is C24H29N9O2. The van der Waals surface area contributed by atoms with Crippen LogP contribution in [0.5, 0.6) is 6.01 Å². The van der Waals surface area contributed by atoms with Crippen molar-refractivity contribution in [1.29, 1.82) is 5.26 Å². The monoisotopic (exact) mass is 475 g/mol. The molecular weight excluding hydrogens is 446 g/mol. The number of hydrogen-bond donors (Lipinski definition) is 2. The molecule has 2 atom stereocenters. The van der Waals surface area contributed by atoms with Crippen LogP contribution in [-0.4, -0.2) is 61.3 Å². The van der Waals surface area contributed by atoms with Gasteiger partial charge in [-0.05, 0) is 52.2 Å².